The fraction of sp³-hybridized carbons (Fsp3) is 0.417. The Morgan fingerprint density at radius 2 is 1.69 bits per heavy atom. The Kier molecular flexibility index (Phi) is 7.28. The average molecular weight is 515 g/mol. The number of aromatic nitrogens is 3. The molecule has 0 aliphatic carbocycles. The summed E-state index contributed by atoms with van der Waals surface area (Å²) in [7, 11) is 0. The molecule has 0 bridgehead atoms. The van der Waals surface area contributed by atoms with Crippen molar-refractivity contribution in [2.45, 2.75) is 43.9 Å². The van der Waals surface area contributed by atoms with Crippen LogP contribution in [-0.4, -0.2) is 34.1 Å². The maximum absolute atomic E-state index is 13.3. The van der Waals surface area contributed by atoms with Crippen molar-refractivity contribution in [1.29, 1.82) is 0 Å². The standard InChI is InChI=1S/C24H23F6N3O3/c1-14(16-7-18(23(25,26)27)9-19(8-16)24(28,29)30)36-20-12-35-11-17(10-33-22(34)31-13-32-33)21(20)15-5-3-2-4-6-15/h2-9,13-14,17,20-21H,10-12H2,1H3,(H,31,32,34)/t14-,17+,20+,21+/m1/s1. The topological polar surface area (TPSA) is 69.1 Å². The fourth-order valence-corrected chi connectivity index (χ4v) is 4.49. The normalized spacial score (nSPS) is 21.9. The van der Waals surface area contributed by atoms with E-state index in [0.29, 0.717) is 12.1 Å². The molecule has 1 N–H and O–H groups in total. The summed E-state index contributed by atoms with van der Waals surface area (Å²) in [5.74, 6) is -0.662. The molecule has 1 aliphatic heterocycles. The molecular formula is C24H23F6N3O3. The molecule has 2 aromatic carbocycles. The van der Waals surface area contributed by atoms with Crippen LogP contribution < -0.4 is 5.69 Å². The minimum absolute atomic E-state index is 0.0704. The first-order valence-electron chi connectivity index (χ1n) is 11.1. The van der Waals surface area contributed by atoms with E-state index in [-0.39, 0.29) is 43.2 Å². The first-order chi connectivity index (χ1) is 16.9. The van der Waals surface area contributed by atoms with Crippen LogP contribution in [0.25, 0.3) is 0 Å². The molecule has 4 atom stereocenters. The zero-order valence-electron chi connectivity index (χ0n) is 19.0. The largest absolute Gasteiger partial charge is 0.416 e. The lowest BCUT2D eigenvalue weighted by molar-refractivity contribution is -0.143. The summed E-state index contributed by atoms with van der Waals surface area (Å²) in [4.78, 5) is 14.4. The van der Waals surface area contributed by atoms with Crippen molar-refractivity contribution in [3.05, 3.63) is 87.6 Å². The van der Waals surface area contributed by atoms with Gasteiger partial charge in [0.05, 0.1) is 43.1 Å². The second kappa shape index (κ2) is 10.1. The van der Waals surface area contributed by atoms with Gasteiger partial charge in [-0.2, -0.15) is 31.4 Å². The van der Waals surface area contributed by atoms with Crippen LogP contribution >= 0.6 is 0 Å². The van der Waals surface area contributed by atoms with Crippen molar-refractivity contribution in [2.24, 2.45) is 5.92 Å². The molecule has 1 aliphatic rings. The molecule has 4 rings (SSSR count). The van der Waals surface area contributed by atoms with Crippen molar-refractivity contribution in [3.8, 4) is 0 Å². The minimum atomic E-state index is -4.96. The highest BCUT2D eigenvalue weighted by Gasteiger charge is 2.40. The van der Waals surface area contributed by atoms with Gasteiger partial charge in [0.1, 0.15) is 6.33 Å². The number of aromatic amines is 1. The molecule has 1 aromatic heterocycles. The summed E-state index contributed by atoms with van der Waals surface area (Å²) in [5, 5.41) is 3.98. The van der Waals surface area contributed by atoms with Crippen molar-refractivity contribution < 1.29 is 35.8 Å². The molecular weight excluding hydrogens is 492 g/mol. The third kappa shape index (κ3) is 5.81. The number of hydrogen-bond donors (Lipinski definition) is 1. The van der Waals surface area contributed by atoms with Crippen LogP contribution in [0.1, 0.15) is 41.2 Å². The molecule has 6 nitrogen and oxygen atoms in total. The van der Waals surface area contributed by atoms with E-state index in [1.807, 2.05) is 30.3 Å². The Bertz CT molecular complexity index is 1190. The lowest BCUT2D eigenvalue weighted by atomic mass is 9.80. The van der Waals surface area contributed by atoms with Gasteiger partial charge < -0.3 is 9.47 Å². The van der Waals surface area contributed by atoms with Gasteiger partial charge >= 0.3 is 18.0 Å². The number of ether oxygens (including phenoxy) is 2. The van der Waals surface area contributed by atoms with Gasteiger partial charge in [-0.15, -0.1) is 0 Å². The first-order valence-corrected chi connectivity index (χ1v) is 11.1. The first kappa shape index (κ1) is 26.0. The van der Waals surface area contributed by atoms with Gasteiger partial charge in [0.2, 0.25) is 0 Å². The van der Waals surface area contributed by atoms with Crippen LogP contribution in [0.4, 0.5) is 26.3 Å². The van der Waals surface area contributed by atoms with Crippen molar-refractivity contribution in [3.63, 3.8) is 0 Å². The number of rotatable bonds is 6. The van der Waals surface area contributed by atoms with Gasteiger partial charge in [-0.3, -0.25) is 4.98 Å². The Morgan fingerprint density at radius 3 is 2.25 bits per heavy atom. The quantitative estimate of drug-likeness (QED) is 0.459. The Labute approximate surface area is 201 Å². The minimum Gasteiger partial charge on any atom is -0.378 e. The summed E-state index contributed by atoms with van der Waals surface area (Å²) in [5.41, 5.74) is -2.64. The van der Waals surface area contributed by atoms with E-state index in [2.05, 4.69) is 10.1 Å². The van der Waals surface area contributed by atoms with Gasteiger partial charge in [0.25, 0.3) is 0 Å². The van der Waals surface area contributed by atoms with E-state index in [0.717, 1.165) is 5.56 Å². The van der Waals surface area contributed by atoms with Gasteiger partial charge in [0, 0.05) is 11.8 Å². The van der Waals surface area contributed by atoms with Crippen molar-refractivity contribution in [2.75, 3.05) is 13.2 Å². The molecule has 0 unspecified atom stereocenters. The highest BCUT2D eigenvalue weighted by atomic mass is 19.4. The molecule has 0 radical (unpaired) electrons. The summed E-state index contributed by atoms with van der Waals surface area (Å²) >= 11 is 0. The smallest absolute Gasteiger partial charge is 0.378 e. The number of halogens is 6. The number of benzene rings is 2. The van der Waals surface area contributed by atoms with Crippen LogP contribution in [0, 0.1) is 5.92 Å². The van der Waals surface area contributed by atoms with Crippen LogP contribution in [0.15, 0.2) is 59.7 Å². The molecule has 194 valence electrons. The summed E-state index contributed by atoms with van der Waals surface area (Å²) in [6, 6.07) is 10.6. The van der Waals surface area contributed by atoms with E-state index < -0.39 is 41.4 Å². The summed E-state index contributed by atoms with van der Waals surface area (Å²) < 4.78 is 93.1. The molecule has 3 aromatic rings. The van der Waals surface area contributed by atoms with Gasteiger partial charge in [-0.1, -0.05) is 30.3 Å². The van der Waals surface area contributed by atoms with E-state index >= 15 is 0 Å². The van der Waals surface area contributed by atoms with Crippen LogP contribution in [0.2, 0.25) is 0 Å². The average Bonchev–Trinajstić information content (AvgIpc) is 3.22. The number of nitrogens with one attached hydrogen (secondary N) is 1. The van der Waals surface area contributed by atoms with Gasteiger partial charge in [-0.25, -0.2) is 9.48 Å². The van der Waals surface area contributed by atoms with Crippen LogP contribution in [0.3, 0.4) is 0 Å². The van der Waals surface area contributed by atoms with Crippen molar-refractivity contribution >= 4 is 0 Å². The number of H-pyrrole nitrogens is 1. The molecule has 0 amide bonds. The van der Waals surface area contributed by atoms with E-state index in [4.69, 9.17) is 9.47 Å². The number of alkyl halides is 6. The molecule has 36 heavy (non-hydrogen) atoms. The molecule has 2 heterocycles. The Hall–Kier alpha value is -3.12. The van der Waals surface area contributed by atoms with Gasteiger partial charge in [0.15, 0.2) is 0 Å². The predicted octanol–water partition coefficient (Wildman–Crippen LogP) is 5.19. The Morgan fingerprint density at radius 1 is 1.06 bits per heavy atom. The number of hydrogen-bond acceptors (Lipinski definition) is 4. The van der Waals surface area contributed by atoms with E-state index in [1.165, 1.54) is 17.9 Å². The third-order valence-electron chi connectivity index (χ3n) is 6.19. The summed E-state index contributed by atoms with van der Waals surface area (Å²) in [6.45, 7) is 1.91. The monoisotopic (exact) mass is 515 g/mol. The summed E-state index contributed by atoms with van der Waals surface area (Å²) in [6.07, 6.45) is -10.5. The number of nitrogens with zero attached hydrogens (tertiary/aromatic N) is 2. The SMILES string of the molecule is C[C@@H](O[C@H]1COC[C@H](Cn2nc[nH]c2=O)[C@@H]1c1ccccc1)c1cc(C(F)(F)F)cc(C(F)(F)F)c1. The molecule has 0 spiro atoms. The lowest BCUT2D eigenvalue weighted by Gasteiger charge is -2.39. The third-order valence-corrected chi connectivity index (χ3v) is 6.19. The van der Waals surface area contributed by atoms with Crippen LogP contribution in [-0.2, 0) is 28.4 Å². The van der Waals surface area contributed by atoms with Gasteiger partial charge in [-0.05, 0) is 36.2 Å². The predicted molar refractivity (Wildman–Crippen MR) is 116 cm³/mol. The van der Waals surface area contributed by atoms with Crippen molar-refractivity contribution in [1.82, 2.24) is 14.8 Å². The maximum atomic E-state index is 13.3. The van der Waals surface area contributed by atoms with E-state index in [9.17, 15) is 31.1 Å². The molecule has 0 saturated carbocycles. The Balaban J connectivity index is 1.66. The molecule has 1 fully saturated rings. The lowest BCUT2D eigenvalue weighted by Crippen LogP contribution is -2.43. The second-order valence-corrected chi connectivity index (χ2v) is 8.67. The fourth-order valence-electron chi connectivity index (χ4n) is 4.49. The molecule has 12 heteroatoms. The zero-order chi connectivity index (χ0) is 26.1. The van der Waals surface area contributed by atoms with E-state index in [1.54, 1.807) is 0 Å². The highest BCUT2D eigenvalue weighted by Crippen LogP contribution is 2.40. The maximum Gasteiger partial charge on any atom is 0.416 e. The van der Waals surface area contributed by atoms with Crippen LogP contribution in [0.5, 0.6) is 0 Å². The zero-order valence-corrected chi connectivity index (χ0v) is 19.0. The second-order valence-electron chi connectivity index (χ2n) is 8.67. The molecule has 1 saturated heterocycles. The highest BCUT2D eigenvalue weighted by molar-refractivity contribution is 5.35.